The molecule has 0 amide bonds. The molecule has 10 rings (SSSR count). The Bertz CT molecular complexity index is 2700. The SMILES string of the molecule is c1ccc(-c2c3ccccc3c(-c3cc4c5ccccc5sc4c4c3sc3ccc5ccccc5c34)c3ccccc23)cc1. The average Bonchev–Trinajstić information content (AvgIpc) is 3.66. The number of benzene rings is 8. The van der Waals surface area contributed by atoms with Crippen LogP contribution >= 0.6 is 22.7 Å². The molecular weight excluding hydrogens is 569 g/mol. The van der Waals surface area contributed by atoms with Crippen molar-refractivity contribution in [1.82, 2.24) is 0 Å². The number of hydrogen-bond donors (Lipinski definition) is 0. The molecule has 0 N–H and O–H groups in total. The summed E-state index contributed by atoms with van der Waals surface area (Å²) in [4.78, 5) is 0. The Morgan fingerprint density at radius 2 is 0.909 bits per heavy atom. The van der Waals surface area contributed by atoms with Gasteiger partial charge in [0.1, 0.15) is 0 Å². The molecule has 0 fully saturated rings. The molecule has 0 aliphatic carbocycles. The Morgan fingerprint density at radius 1 is 0.341 bits per heavy atom. The van der Waals surface area contributed by atoms with Gasteiger partial charge in [0.25, 0.3) is 0 Å². The maximum absolute atomic E-state index is 2.50. The molecule has 0 bridgehead atoms. The largest absolute Gasteiger partial charge is 0.134 e. The Labute approximate surface area is 262 Å². The third-order valence-corrected chi connectivity index (χ3v) is 11.6. The van der Waals surface area contributed by atoms with Crippen LogP contribution in [0.15, 0.2) is 146 Å². The quantitative estimate of drug-likeness (QED) is 0.175. The van der Waals surface area contributed by atoms with Gasteiger partial charge in [0.05, 0.1) is 0 Å². The van der Waals surface area contributed by atoms with E-state index in [9.17, 15) is 0 Å². The van der Waals surface area contributed by atoms with Gasteiger partial charge in [-0.2, -0.15) is 0 Å². The first kappa shape index (κ1) is 24.4. The van der Waals surface area contributed by atoms with Crippen LogP contribution in [0.2, 0.25) is 0 Å². The molecule has 0 saturated heterocycles. The minimum absolute atomic E-state index is 1.25. The van der Waals surface area contributed by atoms with Gasteiger partial charge in [0.2, 0.25) is 0 Å². The maximum atomic E-state index is 2.50. The first-order valence-corrected chi connectivity index (χ1v) is 16.7. The highest BCUT2D eigenvalue weighted by molar-refractivity contribution is 7.30. The van der Waals surface area contributed by atoms with Crippen LogP contribution in [0, 0.1) is 0 Å². The highest BCUT2D eigenvalue weighted by Gasteiger charge is 2.23. The number of fused-ring (bicyclic) bond motifs is 11. The molecule has 0 aliphatic rings. The first-order chi connectivity index (χ1) is 21.8. The molecule has 2 aromatic heterocycles. The van der Waals surface area contributed by atoms with Crippen LogP contribution in [0.3, 0.4) is 0 Å². The van der Waals surface area contributed by atoms with Crippen LogP contribution in [0.25, 0.3) is 94.9 Å². The van der Waals surface area contributed by atoms with E-state index in [1.165, 1.54) is 94.9 Å². The Morgan fingerprint density at radius 3 is 1.64 bits per heavy atom. The summed E-state index contributed by atoms with van der Waals surface area (Å²) < 4.78 is 5.45. The van der Waals surface area contributed by atoms with Gasteiger partial charge in [-0.1, -0.05) is 127 Å². The molecule has 0 radical (unpaired) electrons. The van der Waals surface area contributed by atoms with Gasteiger partial charge in [-0.15, -0.1) is 22.7 Å². The van der Waals surface area contributed by atoms with E-state index >= 15 is 0 Å². The molecule has 204 valence electrons. The number of rotatable bonds is 2. The molecule has 0 nitrogen and oxygen atoms in total. The van der Waals surface area contributed by atoms with Crippen molar-refractivity contribution in [2.45, 2.75) is 0 Å². The molecule has 0 unspecified atom stereocenters. The zero-order valence-electron chi connectivity index (χ0n) is 23.7. The number of hydrogen-bond acceptors (Lipinski definition) is 2. The molecule has 0 aliphatic heterocycles. The molecule has 10 aromatic rings. The summed E-state index contributed by atoms with van der Waals surface area (Å²) in [5, 5.41) is 13.3. The lowest BCUT2D eigenvalue weighted by molar-refractivity contribution is 1.67. The third-order valence-electron chi connectivity index (χ3n) is 9.24. The van der Waals surface area contributed by atoms with Gasteiger partial charge >= 0.3 is 0 Å². The van der Waals surface area contributed by atoms with Gasteiger partial charge in [-0.25, -0.2) is 0 Å². The van der Waals surface area contributed by atoms with E-state index in [0.717, 1.165) is 0 Å². The standard InChI is InChI=1S/C42H24S2/c1-2-13-26(14-3-1)37-29-17-6-8-19-31(29)38(32-20-9-7-18-30(32)37)34-24-33-28-16-10-11-21-35(28)43-41(33)40-39-27-15-5-4-12-25(27)22-23-36(39)44-42(34)40/h1-24H. The van der Waals surface area contributed by atoms with Crippen LogP contribution in [-0.2, 0) is 0 Å². The lowest BCUT2D eigenvalue weighted by Crippen LogP contribution is -1.91. The smallest absolute Gasteiger partial charge is 0.0449 e. The van der Waals surface area contributed by atoms with Crippen molar-refractivity contribution in [2.75, 3.05) is 0 Å². The predicted octanol–water partition coefficient (Wildman–Crippen LogP) is 13.2. The molecule has 2 heterocycles. The van der Waals surface area contributed by atoms with Crippen LogP contribution in [0.1, 0.15) is 0 Å². The fraction of sp³-hybridized carbons (Fsp3) is 0. The molecule has 0 atom stereocenters. The third kappa shape index (κ3) is 3.33. The summed E-state index contributed by atoms with van der Waals surface area (Å²) in [6, 6.07) is 53.8. The maximum Gasteiger partial charge on any atom is 0.0449 e. The molecule has 44 heavy (non-hydrogen) atoms. The van der Waals surface area contributed by atoms with Gasteiger partial charge < -0.3 is 0 Å². The van der Waals surface area contributed by atoms with Gasteiger partial charge in [0.15, 0.2) is 0 Å². The summed E-state index contributed by atoms with van der Waals surface area (Å²) in [6.07, 6.45) is 0. The van der Waals surface area contributed by atoms with E-state index in [2.05, 4.69) is 146 Å². The summed E-state index contributed by atoms with van der Waals surface area (Å²) in [5.41, 5.74) is 5.22. The molecular formula is C42H24S2. The van der Waals surface area contributed by atoms with E-state index in [-0.39, 0.29) is 0 Å². The van der Waals surface area contributed by atoms with E-state index in [0.29, 0.717) is 0 Å². The van der Waals surface area contributed by atoms with Crippen molar-refractivity contribution < 1.29 is 0 Å². The van der Waals surface area contributed by atoms with Gasteiger partial charge in [0, 0.05) is 45.9 Å². The zero-order valence-corrected chi connectivity index (χ0v) is 25.3. The van der Waals surface area contributed by atoms with Crippen molar-refractivity contribution in [2.24, 2.45) is 0 Å². The number of thiophene rings is 2. The van der Waals surface area contributed by atoms with Crippen molar-refractivity contribution in [3.05, 3.63) is 146 Å². The van der Waals surface area contributed by atoms with Gasteiger partial charge in [-0.3, -0.25) is 0 Å². The van der Waals surface area contributed by atoms with Crippen LogP contribution in [-0.4, -0.2) is 0 Å². The fourth-order valence-corrected chi connectivity index (χ4v) is 9.95. The van der Waals surface area contributed by atoms with Crippen molar-refractivity contribution in [3.8, 4) is 22.3 Å². The second-order valence-corrected chi connectivity index (χ2v) is 13.7. The molecule has 0 spiro atoms. The second-order valence-electron chi connectivity index (χ2n) is 11.6. The normalized spacial score (nSPS) is 12.1. The van der Waals surface area contributed by atoms with Gasteiger partial charge in [-0.05, 0) is 67.2 Å². The second kappa shape index (κ2) is 9.24. The van der Waals surface area contributed by atoms with Crippen molar-refractivity contribution >= 4 is 95.3 Å². The highest BCUT2D eigenvalue weighted by atomic mass is 32.1. The van der Waals surface area contributed by atoms with E-state index in [1.807, 2.05) is 22.7 Å². The van der Waals surface area contributed by atoms with Crippen LogP contribution in [0.4, 0.5) is 0 Å². The lowest BCUT2D eigenvalue weighted by Gasteiger charge is -2.18. The molecule has 2 heteroatoms. The average molecular weight is 593 g/mol. The Kier molecular flexibility index (Phi) is 5.13. The first-order valence-electron chi connectivity index (χ1n) is 15.0. The Hall–Kier alpha value is -5.02. The summed E-state index contributed by atoms with van der Waals surface area (Å²) >= 11 is 3.88. The predicted molar refractivity (Wildman–Crippen MR) is 196 cm³/mol. The van der Waals surface area contributed by atoms with Crippen molar-refractivity contribution in [1.29, 1.82) is 0 Å². The highest BCUT2D eigenvalue weighted by Crippen LogP contribution is 2.53. The topological polar surface area (TPSA) is 0 Å². The van der Waals surface area contributed by atoms with Crippen LogP contribution < -0.4 is 0 Å². The summed E-state index contributed by atoms with van der Waals surface area (Å²) in [6.45, 7) is 0. The van der Waals surface area contributed by atoms with E-state index < -0.39 is 0 Å². The van der Waals surface area contributed by atoms with E-state index in [1.54, 1.807) is 0 Å². The zero-order chi connectivity index (χ0) is 28.8. The minimum Gasteiger partial charge on any atom is -0.134 e. The summed E-state index contributed by atoms with van der Waals surface area (Å²) in [5.74, 6) is 0. The fourth-order valence-electron chi connectivity index (χ4n) is 7.40. The Balaban J connectivity index is 1.47. The molecule has 8 aromatic carbocycles. The lowest BCUT2D eigenvalue weighted by atomic mass is 9.85. The monoisotopic (exact) mass is 592 g/mol. The minimum atomic E-state index is 1.25. The molecule has 0 saturated carbocycles. The van der Waals surface area contributed by atoms with Crippen LogP contribution in [0.5, 0.6) is 0 Å². The summed E-state index contributed by atoms with van der Waals surface area (Å²) in [7, 11) is 0. The van der Waals surface area contributed by atoms with E-state index in [4.69, 9.17) is 0 Å². The van der Waals surface area contributed by atoms with Crippen molar-refractivity contribution in [3.63, 3.8) is 0 Å².